The largest absolute Gasteiger partial charge is 0.365 e. The Hall–Kier alpha value is -1.16. The van der Waals surface area contributed by atoms with Crippen LogP contribution in [0, 0.1) is 13.8 Å². The molecule has 0 radical (unpaired) electrons. The molecule has 0 fully saturated rings. The summed E-state index contributed by atoms with van der Waals surface area (Å²) in [5.74, 6) is 0.828. The van der Waals surface area contributed by atoms with E-state index in [4.69, 9.17) is 5.73 Å². The van der Waals surface area contributed by atoms with Gasteiger partial charge in [0.15, 0.2) is 0 Å². The highest BCUT2D eigenvalue weighted by Gasteiger charge is 2.07. The Bertz CT molecular complexity index is 325. The van der Waals surface area contributed by atoms with E-state index in [1.165, 1.54) is 12.8 Å². The summed E-state index contributed by atoms with van der Waals surface area (Å²) in [6.45, 7) is 6.75. The predicted octanol–water partition coefficient (Wildman–Crippen LogP) is 2.02. The second-order valence-corrected chi connectivity index (χ2v) is 4.15. The molecule has 0 saturated carbocycles. The van der Waals surface area contributed by atoms with Crippen LogP contribution in [0.15, 0.2) is 6.20 Å². The van der Waals surface area contributed by atoms with E-state index in [9.17, 15) is 0 Å². The number of anilines is 1. The minimum atomic E-state index is 0.302. The minimum Gasteiger partial charge on any atom is -0.365 e. The molecule has 4 heteroatoms. The van der Waals surface area contributed by atoms with Gasteiger partial charge in [-0.3, -0.25) is 4.98 Å². The average Bonchev–Trinajstić information content (AvgIpc) is 2.29. The standard InChI is InChI=1S/C12H22N4/c1-4-5-6-11(7-13)16-12-8-14-9(2)10(3)15-12/h8,11H,4-7,13H2,1-3H3,(H,15,16). The monoisotopic (exact) mass is 222 g/mol. The molecule has 90 valence electrons. The first-order valence-electron chi connectivity index (χ1n) is 5.94. The lowest BCUT2D eigenvalue weighted by molar-refractivity contribution is 0.611. The van der Waals surface area contributed by atoms with Crippen molar-refractivity contribution in [2.45, 2.75) is 46.1 Å². The molecule has 1 rings (SSSR count). The molecule has 0 aromatic carbocycles. The first-order valence-corrected chi connectivity index (χ1v) is 5.94. The molecule has 0 aliphatic carbocycles. The average molecular weight is 222 g/mol. The van der Waals surface area contributed by atoms with Crippen molar-refractivity contribution >= 4 is 5.82 Å². The first-order chi connectivity index (χ1) is 7.67. The van der Waals surface area contributed by atoms with Gasteiger partial charge >= 0.3 is 0 Å². The summed E-state index contributed by atoms with van der Waals surface area (Å²) < 4.78 is 0. The maximum absolute atomic E-state index is 5.72. The number of rotatable bonds is 6. The number of aryl methyl sites for hydroxylation is 2. The SMILES string of the molecule is CCCCC(CN)Nc1cnc(C)c(C)n1. The van der Waals surface area contributed by atoms with Gasteiger partial charge < -0.3 is 11.1 Å². The van der Waals surface area contributed by atoms with Crippen LogP contribution in [-0.2, 0) is 0 Å². The molecule has 0 aliphatic rings. The fraction of sp³-hybridized carbons (Fsp3) is 0.667. The topological polar surface area (TPSA) is 63.8 Å². The highest BCUT2D eigenvalue weighted by molar-refractivity contribution is 5.34. The molecule has 16 heavy (non-hydrogen) atoms. The maximum Gasteiger partial charge on any atom is 0.145 e. The van der Waals surface area contributed by atoms with Crippen molar-refractivity contribution in [3.8, 4) is 0 Å². The van der Waals surface area contributed by atoms with Crippen LogP contribution in [0.3, 0.4) is 0 Å². The fourth-order valence-corrected chi connectivity index (χ4v) is 1.52. The van der Waals surface area contributed by atoms with Crippen LogP contribution in [0.25, 0.3) is 0 Å². The van der Waals surface area contributed by atoms with Gasteiger partial charge in [0.2, 0.25) is 0 Å². The molecule has 3 N–H and O–H groups in total. The summed E-state index contributed by atoms with van der Waals surface area (Å²) in [5.41, 5.74) is 7.66. The molecule has 1 heterocycles. The van der Waals surface area contributed by atoms with E-state index in [2.05, 4.69) is 22.2 Å². The summed E-state index contributed by atoms with van der Waals surface area (Å²) in [5, 5.41) is 3.33. The van der Waals surface area contributed by atoms with E-state index >= 15 is 0 Å². The molecule has 1 atom stereocenters. The Morgan fingerprint density at radius 2 is 2.12 bits per heavy atom. The predicted molar refractivity (Wildman–Crippen MR) is 67.5 cm³/mol. The van der Waals surface area contributed by atoms with Gasteiger partial charge in [0, 0.05) is 12.6 Å². The van der Waals surface area contributed by atoms with Gasteiger partial charge in [-0.1, -0.05) is 19.8 Å². The molecule has 0 spiro atoms. The zero-order chi connectivity index (χ0) is 12.0. The van der Waals surface area contributed by atoms with Crippen LogP contribution in [0.4, 0.5) is 5.82 Å². The molecule has 1 aromatic rings. The van der Waals surface area contributed by atoms with Gasteiger partial charge in [-0.25, -0.2) is 4.98 Å². The van der Waals surface area contributed by atoms with Gasteiger partial charge in [-0.2, -0.15) is 0 Å². The van der Waals surface area contributed by atoms with Gasteiger partial charge in [0.05, 0.1) is 17.6 Å². The van der Waals surface area contributed by atoms with Crippen molar-refractivity contribution in [3.05, 3.63) is 17.6 Å². The van der Waals surface area contributed by atoms with Crippen molar-refractivity contribution in [2.24, 2.45) is 5.73 Å². The number of aromatic nitrogens is 2. The highest BCUT2D eigenvalue weighted by atomic mass is 15.0. The third kappa shape index (κ3) is 3.77. The molecule has 1 unspecified atom stereocenters. The highest BCUT2D eigenvalue weighted by Crippen LogP contribution is 2.09. The second-order valence-electron chi connectivity index (χ2n) is 4.15. The van der Waals surface area contributed by atoms with Crippen molar-refractivity contribution in [1.29, 1.82) is 0 Å². The molecular formula is C12H22N4. The number of unbranched alkanes of at least 4 members (excludes halogenated alkanes) is 1. The Morgan fingerprint density at radius 3 is 2.69 bits per heavy atom. The number of hydrogen-bond acceptors (Lipinski definition) is 4. The maximum atomic E-state index is 5.72. The van der Waals surface area contributed by atoms with Crippen LogP contribution < -0.4 is 11.1 Å². The van der Waals surface area contributed by atoms with Gasteiger partial charge in [0.25, 0.3) is 0 Å². The van der Waals surface area contributed by atoms with Gasteiger partial charge in [-0.05, 0) is 20.3 Å². The normalized spacial score (nSPS) is 12.5. The quantitative estimate of drug-likeness (QED) is 0.773. The third-order valence-corrected chi connectivity index (χ3v) is 2.73. The zero-order valence-electron chi connectivity index (χ0n) is 10.5. The number of nitrogens with two attached hydrogens (primary N) is 1. The third-order valence-electron chi connectivity index (χ3n) is 2.73. The zero-order valence-corrected chi connectivity index (χ0v) is 10.5. The summed E-state index contributed by atoms with van der Waals surface area (Å²) in [4.78, 5) is 8.72. The molecular weight excluding hydrogens is 200 g/mol. The molecule has 0 bridgehead atoms. The first kappa shape index (κ1) is 12.9. The van der Waals surface area contributed by atoms with Crippen LogP contribution >= 0.6 is 0 Å². The number of hydrogen-bond donors (Lipinski definition) is 2. The van der Waals surface area contributed by atoms with Gasteiger partial charge in [-0.15, -0.1) is 0 Å². The number of nitrogens with one attached hydrogen (secondary N) is 1. The van der Waals surface area contributed by atoms with Crippen LogP contribution in [0.2, 0.25) is 0 Å². The van der Waals surface area contributed by atoms with E-state index in [-0.39, 0.29) is 0 Å². The lowest BCUT2D eigenvalue weighted by Crippen LogP contribution is -2.29. The minimum absolute atomic E-state index is 0.302. The Labute approximate surface area is 97.7 Å². The molecule has 4 nitrogen and oxygen atoms in total. The van der Waals surface area contributed by atoms with Crippen LogP contribution in [0.5, 0.6) is 0 Å². The van der Waals surface area contributed by atoms with Gasteiger partial charge in [0.1, 0.15) is 5.82 Å². The molecule has 1 aromatic heterocycles. The van der Waals surface area contributed by atoms with E-state index < -0.39 is 0 Å². The lowest BCUT2D eigenvalue weighted by Gasteiger charge is -2.17. The molecule has 0 amide bonds. The Morgan fingerprint density at radius 1 is 1.38 bits per heavy atom. The smallest absolute Gasteiger partial charge is 0.145 e. The van der Waals surface area contributed by atoms with E-state index in [1.54, 1.807) is 6.20 Å². The van der Waals surface area contributed by atoms with E-state index in [0.717, 1.165) is 23.6 Å². The van der Waals surface area contributed by atoms with Crippen molar-refractivity contribution in [2.75, 3.05) is 11.9 Å². The van der Waals surface area contributed by atoms with Crippen LogP contribution in [-0.4, -0.2) is 22.6 Å². The van der Waals surface area contributed by atoms with Crippen molar-refractivity contribution in [1.82, 2.24) is 9.97 Å². The summed E-state index contributed by atoms with van der Waals surface area (Å²) in [6.07, 6.45) is 5.24. The molecule has 0 aliphatic heterocycles. The van der Waals surface area contributed by atoms with Crippen molar-refractivity contribution < 1.29 is 0 Å². The molecule has 0 saturated heterocycles. The summed E-state index contributed by atoms with van der Waals surface area (Å²) in [6, 6.07) is 0.302. The Balaban J connectivity index is 2.59. The Kier molecular flexibility index (Phi) is 5.19. The fourth-order valence-electron chi connectivity index (χ4n) is 1.52. The summed E-state index contributed by atoms with van der Waals surface area (Å²) in [7, 11) is 0. The number of nitrogens with zero attached hydrogens (tertiary/aromatic N) is 2. The second kappa shape index (κ2) is 6.43. The van der Waals surface area contributed by atoms with Crippen LogP contribution in [0.1, 0.15) is 37.6 Å². The lowest BCUT2D eigenvalue weighted by atomic mass is 10.1. The van der Waals surface area contributed by atoms with E-state index in [0.29, 0.717) is 12.6 Å². The van der Waals surface area contributed by atoms with Crippen molar-refractivity contribution in [3.63, 3.8) is 0 Å². The summed E-state index contributed by atoms with van der Waals surface area (Å²) >= 11 is 0. The van der Waals surface area contributed by atoms with E-state index in [1.807, 2.05) is 13.8 Å².